The number of carboxylic acid groups (broad SMARTS) is 1. The molecule has 0 atom stereocenters. The Morgan fingerprint density at radius 2 is 1.89 bits per heavy atom. The fraction of sp³-hybridized carbons (Fsp3) is 0.0400. The molecule has 4 aromatic rings. The van der Waals surface area contributed by atoms with E-state index in [0.29, 0.717) is 14.9 Å². The topological polar surface area (TPSA) is 129 Å². The van der Waals surface area contributed by atoms with Crippen molar-refractivity contribution in [2.45, 2.75) is 6.54 Å². The van der Waals surface area contributed by atoms with Crippen LogP contribution in [0.25, 0.3) is 16.0 Å². The lowest BCUT2D eigenvalue weighted by Crippen LogP contribution is -2.28. The molecule has 4 rings (SSSR count). The first-order valence-electron chi connectivity index (χ1n) is 10.4. The van der Waals surface area contributed by atoms with E-state index in [1.165, 1.54) is 53.0 Å². The average Bonchev–Trinajstić information content (AvgIpc) is 3.54. The molecule has 11 heteroatoms. The van der Waals surface area contributed by atoms with Crippen LogP contribution in [0.15, 0.2) is 76.3 Å². The number of aromatic hydroxyl groups is 1. The number of amides is 2. The van der Waals surface area contributed by atoms with Gasteiger partial charge in [-0.3, -0.25) is 9.59 Å². The van der Waals surface area contributed by atoms with Gasteiger partial charge >= 0.3 is 5.97 Å². The third-order valence-electron chi connectivity index (χ3n) is 4.86. The Balaban J connectivity index is 1.45. The van der Waals surface area contributed by atoms with Crippen LogP contribution in [0, 0.1) is 0 Å². The van der Waals surface area contributed by atoms with Crippen molar-refractivity contribution >= 4 is 62.5 Å². The minimum absolute atomic E-state index is 0.105. The summed E-state index contributed by atoms with van der Waals surface area (Å²) in [6, 6.07) is 14.7. The number of phenols is 1. The molecule has 0 radical (unpaired) electrons. The molecule has 2 aromatic carbocycles. The first kappa shape index (κ1) is 25.3. The van der Waals surface area contributed by atoms with Gasteiger partial charge in [0.25, 0.3) is 11.8 Å². The van der Waals surface area contributed by atoms with E-state index >= 15 is 0 Å². The quantitative estimate of drug-likeness (QED) is 0.213. The summed E-state index contributed by atoms with van der Waals surface area (Å²) in [5, 5.41) is 27.0. The number of hydrogen-bond donors (Lipinski definition) is 4. The van der Waals surface area contributed by atoms with Crippen molar-refractivity contribution in [2.24, 2.45) is 0 Å². The summed E-state index contributed by atoms with van der Waals surface area (Å²) in [6.45, 7) is 0.214. The van der Waals surface area contributed by atoms with Crippen LogP contribution in [0.4, 0.5) is 0 Å². The lowest BCUT2D eigenvalue weighted by molar-refractivity contribution is -0.132. The highest BCUT2D eigenvalue weighted by molar-refractivity contribution is 9.10. The molecule has 0 fully saturated rings. The molecule has 36 heavy (non-hydrogen) atoms. The second-order valence-corrected chi connectivity index (χ2v) is 10.3. The molecule has 0 saturated heterocycles. The molecule has 0 spiro atoms. The number of rotatable bonds is 8. The second-order valence-electron chi connectivity index (χ2n) is 7.41. The van der Waals surface area contributed by atoms with Crippen LogP contribution in [0.2, 0.25) is 0 Å². The van der Waals surface area contributed by atoms with E-state index in [1.54, 1.807) is 24.4 Å². The lowest BCUT2D eigenvalue weighted by Gasteiger charge is -2.10. The third kappa shape index (κ3) is 6.25. The highest BCUT2D eigenvalue weighted by atomic mass is 79.9. The maximum absolute atomic E-state index is 12.8. The van der Waals surface area contributed by atoms with Gasteiger partial charge < -0.3 is 20.8 Å². The average molecular weight is 584 g/mol. The van der Waals surface area contributed by atoms with E-state index < -0.39 is 11.9 Å². The number of carbonyl (C=O) groups excluding carboxylic acids is 2. The molecule has 0 aliphatic rings. The molecule has 2 aromatic heterocycles. The molecule has 4 N–H and O–H groups in total. The van der Waals surface area contributed by atoms with Crippen molar-refractivity contribution < 1.29 is 24.6 Å². The summed E-state index contributed by atoms with van der Waals surface area (Å²) in [7, 11) is 0. The molecule has 0 aliphatic carbocycles. The Hall–Kier alpha value is -3.80. The molecule has 2 amide bonds. The van der Waals surface area contributed by atoms with Crippen LogP contribution in [-0.4, -0.2) is 33.0 Å². The van der Waals surface area contributed by atoms with Gasteiger partial charge in [0.1, 0.15) is 16.5 Å². The number of aliphatic carboxylic acids is 1. The van der Waals surface area contributed by atoms with E-state index in [1.807, 2.05) is 17.5 Å². The standard InChI is InChI=1S/C25H18BrN3O5S2/c26-19-10-15(22(31)27-12-14-3-1-4-16(30)9-14)6-7-18(19)23(32)29-20(25(33)34)11-17-13-28-24(36-17)21-5-2-8-35-21/h1-11,13,30H,12H2,(H,27,31)(H,29,32)(H,33,34)/b20-11+. The number of thiophene rings is 1. The van der Waals surface area contributed by atoms with Gasteiger partial charge in [-0.25, -0.2) is 9.78 Å². The van der Waals surface area contributed by atoms with Gasteiger partial charge in [0.05, 0.1) is 10.4 Å². The Labute approximate surface area is 222 Å². The summed E-state index contributed by atoms with van der Waals surface area (Å²) in [4.78, 5) is 42.9. The number of carboxylic acids is 1. The van der Waals surface area contributed by atoms with Crippen LogP contribution in [-0.2, 0) is 11.3 Å². The molecule has 0 unspecified atom stereocenters. The van der Waals surface area contributed by atoms with Gasteiger partial charge in [0, 0.05) is 27.7 Å². The summed E-state index contributed by atoms with van der Waals surface area (Å²) < 4.78 is 0.326. The first-order chi connectivity index (χ1) is 17.3. The zero-order valence-electron chi connectivity index (χ0n) is 18.4. The number of nitrogens with zero attached hydrogens (tertiary/aromatic N) is 1. The summed E-state index contributed by atoms with van der Waals surface area (Å²) in [5.41, 5.74) is 0.893. The minimum Gasteiger partial charge on any atom is -0.508 e. The fourth-order valence-corrected chi connectivity index (χ4v) is 5.36. The highest BCUT2D eigenvalue weighted by Crippen LogP contribution is 2.30. The van der Waals surface area contributed by atoms with E-state index in [0.717, 1.165) is 15.4 Å². The maximum Gasteiger partial charge on any atom is 0.352 e. The number of aromatic nitrogens is 1. The van der Waals surface area contributed by atoms with Crippen molar-refractivity contribution in [1.29, 1.82) is 0 Å². The van der Waals surface area contributed by atoms with Gasteiger partial charge in [-0.1, -0.05) is 18.2 Å². The van der Waals surface area contributed by atoms with Gasteiger partial charge in [0.15, 0.2) is 0 Å². The number of carbonyl (C=O) groups is 3. The summed E-state index contributed by atoms with van der Waals surface area (Å²) in [6.07, 6.45) is 2.90. The third-order valence-corrected chi connectivity index (χ3v) is 7.50. The van der Waals surface area contributed by atoms with E-state index in [2.05, 4.69) is 31.5 Å². The van der Waals surface area contributed by atoms with Crippen LogP contribution in [0.3, 0.4) is 0 Å². The molecular formula is C25H18BrN3O5S2. The summed E-state index contributed by atoms with van der Waals surface area (Å²) >= 11 is 6.13. The number of nitrogens with one attached hydrogen (secondary N) is 2. The van der Waals surface area contributed by atoms with Crippen LogP contribution >= 0.6 is 38.6 Å². The number of phenolic OH excluding ortho intramolecular Hbond substituents is 1. The van der Waals surface area contributed by atoms with Crippen LogP contribution < -0.4 is 10.6 Å². The second kappa shape index (κ2) is 11.3. The predicted octanol–water partition coefficient (Wildman–Crippen LogP) is 5.13. The number of thiazole rings is 1. The van der Waals surface area contributed by atoms with Crippen molar-refractivity contribution in [3.63, 3.8) is 0 Å². The van der Waals surface area contributed by atoms with E-state index in [4.69, 9.17) is 0 Å². The minimum atomic E-state index is -1.30. The van der Waals surface area contributed by atoms with Gasteiger partial charge in [-0.2, -0.15) is 0 Å². The number of halogens is 1. The lowest BCUT2D eigenvalue weighted by atomic mass is 10.1. The Kier molecular flexibility index (Phi) is 7.93. The monoisotopic (exact) mass is 583 g/mol. The largest absolute Gasteiger partial charge is 0.508 e. The number of benzene rings is 2. The molecule has 0 bridgehead atoms. The summed E-state index contributed by atoms with van der Waals surface area (Å²) in [5.74, 6) is -2.21. The van der Waals surface area contributed by atoms with Crippen molar-refractivity contribution in [2.75, 3.05) is 0 Å². The molecule has 182 valence electrons. The highest BCUT2D eigenvalue weighted by Gasteiger charge is 2.18. The molecule has 0 aliphatic heterocycles. The smallest absolute Gasteiger partial charge is 0.352 e. The Morgan fingerprint density at radius 3 is 2.58 bits per heavy atom. The molecule has 0 saturated carbocycles. The predicted molar refractivity (Wildman–Crippen MR) is 142 cm³/mol. The van der Waals surface area contributed by atoms with Gasteiger partial charge in [-0.05, 0) is 69.3 Å². The molecule has 2 heterocycles. The van der Waals surface area contributed by atoms with E-state index in [9.17, 15) is 24.6 Å². The maximum atomic E-state index is 12.8. The van der Waals surface area contributed by atoms with Crippen molar-refractivity contribution in [3.8, 4) is 15.6 Å². The Bertz CT molecular complexity index is 1460. The van der Waals surface area contributed by atoms with Gasteiger partial charge in [0.2, 0.25) is 0 Å². The number of hydrogen-bond acceptors (Lipinski definition) is 7. The zero-order valence-corrected chi connectivity index (χ0v) is 21.6. The normalized spacial score (nSPS) is 11.2. The van der Waals surface area contributed by atoms with Crippen molar-refractivity contribution in [3.05, 3.63) is 97.9 Å². The SMILES string of the molecule is O=C(O)/C(=C\c1cnc(-c2cccs2)s1)NC(=O)c1ccc(C(=O)NCc2cccc(O)c2)cc1Br. The van der Waals surface area contributed by atoms with E-state index in [-0.39, 0.29) is 29.5 Å². The first-order valence-corrected chi connectivity index (χ1v) is 12.9. The van der Waals surface area contributed by atoms with Crippen LogP contribution in [0.5, 0.6) is 5.75 Å². The zero-order chi connectivity index (χ0) is 25.7. The van der Waals surface area contributed by atoms with Crippen molar-refractivity contribution in [1.82, 2.24) is 15.6 Å². The van der Waals surface area contributed by atoms with Gasteiger partial charge in [-0.15, -0.1) is 22.7 Å². The fourth-order valence-electron chi connectivity index (χ4n) is 3.14. The Morgan fingerprint density at radius 1 is 1.06 bits per heavy atom. The van der Waals surface area contributed by atoms with Crippen LogP contribution in [0.1, 0.15) is 31.2 Å². The molecular weight excluding hydrogens is 566 g/mol. The molecule has 8 nitrogen and oxygen atoms in total.